The van der Waals surface area contributed by atoms with Crippen LogP contribution in [0.3, 0.4) is 0 Å². The van der Waals surface area contributed by atoms with Gasteiger partial charge in [-0.3, -0.25) is 9.59 Å². The number of ether oxygens (including phenoxy) is 1. The summed E-state index contributed by atoms with van der Waals surface area (Å²) in [7, 11) is 0. The molecule has 2 aliphatic carbocycles. The molecule has 0 aromatic carbocycles. The summed E-state index contributed by atoms with van der Waals surface area (Å²) in [5.74, 6) is -0.363. The molecule has 6 heteroatoms. The van der Waals surface area contributed by atoms with Crippen molar-refractivity contribution in [3.63, 3.8) is 0 Å². The highest BCUT2D eigenvalue weighted by Crippen LogP contribution is 2.35. The highest BCUT2D eigenvalue weighted by Gasteiger charge is 2.42. The van der Waals surface area contributed by atoms with Crippen LogP contribution >= 0.6 is 0 Å². The Hall–Kier alpha value is -2.11. The van der Waals surface area contributed by atoms with Gasteiger partial charge in [-0.1, -0.05) is 12.8 Å². The van der Waals surface area contributed by atoms with Crippen molar-refractivity contribution in [3.05, 3.63) is 22.5 Å². The molecule has 0 radical (unpaired) electrons. The average Bonchev–Trinajstić information content (AvgIpc) is 3.20. The molecule has 2 fully saturated rings. The van der Waals surface area contributed by atoms with E-state index in [1.807, 2.05) is 11.8 Å². The monoisotopic (exact) mass is 374 g/mol. The summed E-state index contributed by atoms with van der Waals surface area (Å²) in [6.07, 6.45) is 5.98. The van der Waals surface area contributed by atoms with Gasteiger partial charge in [-0.25, -0.2) is 4.79 Å². The van der Waals surface area contributed by atoms with Gasteiger partial charge in [0, 0.05) is 23.2 Å². The molecule has 1 amide bonds. The second-order valence-electron chi connectivity index (χ2n) is 7.84. The first-order valence-electron chi connectivity index (χ1n) is 10.1. The van der Waals surface area contributed by atoms with Crippen LogP contribution in [-0.2, 0) is 9.53 Å². The molecule has 0 aliphatic heterocycles. The molecule has 2 aliphatic rings. The molecule has 1 unspecified atom stereocenters. The number of hydrogen-bond donors (Lipinski definition) is 1. The number of carbonyl (C=O) groups is 3. The first-order chi connectivity index (χ1) is 12.9. The van der Waals surface area contributed by atoms with Crippen LogP contribution in [0.25, 0.3) is 0 Å². The van der Waals surface area contributed by atoms with Gasteiger partial charge < -0.3 is 14.6 Å². The zero-order valence-electron chi connectivity index (χ0n) is 16.8. The van der Waals surface area contributed by atoms with E-state index in [-0.39, 0.29) is 30.3 Å². The number of carbonyl (C=O) groups excluding carboxylic acids is 3. The van der Waals surface area contributed by atoms with Gasteiger partial charge in [0.05, 0.1) is 12.6 Å². The van der Waals surface area contributed by atoms with Crippen molar-refractivity contribution >= 4 is 17.7 Å². The number of rotatable bonds is 7. The van der Waals surface area contributed by atoms with Crippen LogP contribution < -0.4 is 0 Å². The van der Waals surface area contributed by atoms with E-state index < -0.39 is 12.0 Å². The third kappa shape index (κ3) is 3.80. The number of Topliss-reactive ketones (excluding diaryl/α,β-unsaturated/α-hetero) is 1. The summed E-state index contributed by atoms with van der Waals surface area (Å²) in [6.45, 7) is 7.40. The highest BCUT2D eigenvalue weighted by atomic mass is 16.5. The molecule has 6 nitrogen and oxygen atoms in total. The molecule has 148 valence electrons. The summed E-state index contributed by atoms with van der Waals surface area (Å²) in [5.41, 5.74) is 2.09. The number of ketones is 1. The van der Waals surface area contributed by atoms with Crippen LogP contribution in [0.4, 0.5) is 0 Å². The van der Waals surface area contributed by atoms with Crippen LogP contribution in [0.5, 0.6) is 0 Å². The molecule has 2 saturated carbocycles. The van der Waals surface area contributed by atoms with Gasteiger partial charge >= 0.3 is 5.97 Å². The molecule has 1 N–H and O–H groups in total. The standard InChI is InChI=1S/C21H30N2O4/c1-5-27-21(26)18-12(2)17(13(3)22-18)19(24)14(4)23(16-10-11-16)20(25)15-8-6-7-9-15/h14-16,22H,5-11H2,1-4H3. The summed E-state index contributed by atoms with van der Waals surface area (Å²) < 4.78 is 5.07. The van der Waals surface area contributed by atoms with Crippen molar-refractivity contribution in [1.82, 2.24) is 9.88 Å². The molecule has 0 bridgehead atoms. The normalized spacial score (nSPS) is 18.4. The van der Waals surface area contributed by atoms with Crippen molar-refractivity contribution in [2.24, 2.45) is 5.92 Å². The second-order valence-corrected chi connectivity index (χ2v) is 7.84. The summed E-state index contributed by atoms with van der Waals surface area (Å²) >= 11 is 0. The lowest BCUT2D eigenvalue weighted by atomic mass is 9.98. The van der Waals surface area contributed by atoms with Crippen LogP contribution in [0, 0.1) is 19.8 Å². The van der Waals surface area contributed by atoms with E-state index in [1.165, 1.54) is 0 Å². The summed E-state index contributed by atoms with van der Waals surface area (Å²) in [4.78, 5) is 43.3. The maximum absolute atomic E-state index is 13.3. The van der Waals surface area contributed by atoms with E-state index >= 15 is 0 Å². The Morgan fingerprint density at radius 1 is 1.15 bits per heavy atom. The van der Waals surface area contributed by atoms with Crippen molar-refractivity contribution in [2.45, 2.75) is 78.3 Å². The second kappa shape index (κ2) is 7.87. The van der Waals surface area contributed by atoms with Crippen LogP contribution in [-0.4, -0.2) is 46.2 Å². The molecule has 1 atom stereocenters. The van der Waals surface area contributed by atoms with Gasteiger partial charge in [0.15, 0.2) is 5.78 Å². The minimum Gasteiger partial charge on any atom is -0.461 e. The Morgan fingerprint density at radius 3 is 2.33 bits per heavy atom. The minimum absolute atomic E-state index is 0.0596. The third-order valence-corrected chi connectivity index (χ3v) is 5.86. The van der Waals surface area contributed by atoms with E-state index in [0.717, 1.165) is 38.5 Å². The highest BCUT2D eigenvalue weighted by molar-refractivity contribution is 6.06. The number of esters is 1. The maximum atomic E-state index is 13.3. The van der Waals surface area contributed by atoms with Gasteiger partial charge in [-0.05, 0) is 58.9 Å². The molecule has 0 spiro atoms. The maximum Gasteiger partial charge on any atom is 0.355 e. The Bertz CT molecular complexity index is 742. The fourth-order valence-electron chi connectivity index (χ4n) is 4.29. The SMILES string of the molecule is CCOC(=O)c1[nH]c(C)c(C(=O)C(C)N(C(=O)C2CCCC2)C2CC2)c1C. The largest absolute Gasteiger partial charge is 0.461 e. The number of hydrogen-bond acceptors (Lipinski definition) is 4. The zero-order valence-corrected chi connectivity index (χ0v) is 16.8. The first-order valence-corrected chi connectivity index (χ1v) is 10.1. The first kappa shape index (κ1) is 19.6. The minimum atomic E-state index is -0.520. The topological polar surface area (TPSA) is 79.5 Å². The number of amides is 1. The molecule has 1 aromatic rings. The van der Waals surface area contributed by atoms with Crippen molar-refractivity contribution in [1.29, 1.82) is 0 Å². The Balaban J connectivity index is 1.85. The fourth-order valence-corrected chi connectivity index (χ4v) is 4.29. The smallest absolute Gasteiger partial charge is 0.355 e. The lowest BCUT2D eigenvalue weighted by molar-refractivity contribution is -0.137. The Morgan fingerprint density at radius 2 is 1.78 bits per heavy atom. The summed E-state index contributed by atoms with van der Waals surface area (Å²) in [6, 6.07) is -0.338. The van der Waals surface area contributed by atoms with Crippen LogP contribution in [0.2, 0.25) is 0 Å². The predicted octanol–water partition coefficient (Wildman–Crippen LogP) is 3.56. The van der Waals surface area contributed by atoms with Crippen molar-refractivity contribution < 1.29 is 19.1 Å². The molecule has 1 aromatic heterocycles. The molecule has 27 heavy (non-hydrogen) atoms. The van der Waals surface area contributed by atoms with Crippen LogP contribution in [0.1, 0.15) is 84.5 Å². The van der Waals surface area contributed by atoms with E-state index in [2.05, 4.69) is 4.98 Å². The zero-order chi connectivity index (χ0) is 19.7. The number of nitrogens with zero attached hydrogens (tertiary/aromatic N) is 1. The van der Waals surface area contributed by atoms with Gasteiger partial charge in [-0.15, -0.1) is 0 Å². The quantitative estimate of drug-likeness (QED) is 0.585. The molecular weight excluding hydrogens is 344 g/mol. The Labute approximate surface area is 160 Å². The van der Waals surface area contributed by atoms with E-state index in [9.17, 15) is 14.4 Å². The number of aryl methyl sites for hydroxylation is 1. The number of H-pyrrole nitrogens is 1. The van der Waals surface area contributed by atoms with E-state index in [4.69, 9.17) is 4.74 Å². The Kier molecular flexibility index (Phi) is 5.72. The van der Waals surface area contributed by atoms with Gasteiger partial charge in [-0.2, -0.15) is 0 Å². The van der Waals surface area contributed by atoms with Crippen molar-refractivity contribution in [2.75, 3.05) is 6.61 Å². The van der Waals surface area contributed by atoms with Gasteiger partial charge in [0.1, 0.15) is 5.69 Å². The predicted molar refractivity (Wildman–Crippen MR) is 102 cm³/mol. The van der Waals surface area contributed by atoms with E-state index in [0.29, 0.717) is 22.5 Å². The van der Waals surface area contributed by atoms with Gasteiger partial charge in [0.25, 0.3) is 0 Å². The number of nitrogens with one attached hydrogen (secondary N) is 1. The van der Waals surface area contributed by atoms with Crippen molar-refractivity contribution in [3.8, 4) is 0 Å². The number of aromatic amines is 1. The molecule has 3 rings (SSSR count). The third-order valence-electron chi connectivity index (χ3n) is 5.86. The lowest BCUT2D eigenvalue weighted by Gasteiger charge is -2.31. The van der Waals surface area contributed by atoms with Crippen LogP contribution in [0.15, 0.2) is 0 Å². The number of aromatic nitrogens is 1. The van der Waals surface area contributed by atoms with Gasteiger partial charge in [0.2, 0.25) is 5.91 Å². The lowest BCUT2D eigenvalue weighted by Crippen LogP contribution is -2.47. The molecule has 0 saturated heterocycles. The fraction of sp³-hybridized carbons (Fsp3) is 0.667. The average molecular weight is 374 g/mol. The molecule has 1 heterocycles. The van der Waals surface area contributed by atoms with E-state index in [1.54, 1.807) is 20.8 Å². The molecular formula is C21H30N2O4. The summed E-state index contributed by atoms with van der Waals surface area (Å²) in [5, 5.41) is 0.